The molecule has 0 bridgehead atoms. The van der Waals surface area contributed by atoms with E-state index >= 15 is 4.39 Å². The number of hydrogen-bond donors (Lipinski definition) is 1. The predicted molar refractivity (Wildman–Crippen MR) is 181 cm³/mol. The smallest absolute Gasteiger partial charge is 0.264 e. The summed E-state index contributed by atoms with van der Waals surface area (Å²) in [5, 5.41) is 3.34. The minimum Gasteiger partial charge on any atom is -0.354 e. The van der Waals surface area contributed by atoms with Crippen molar-refractivity contribution < 1.29 is 22.4 Å². The number of anilines is 1. The summed E-state index contributed by atoms with van der Waals surface area (Å²) in [6, 6.07) is 25.3. The van der Waals surface area contributed by atoms with Crippen LogP contribution in [0.3, 0.4) is 0 Å². The molecule has 1 N–H and O–H groups in total. The van der Waals surface area contributed by atoms with Gasteiger partial charge in [0.1, 0.15) is 18.4 Å². The summed E-state index contributed by atoms with van der Waals surface area (Å²) in [5.74, 6) is -1.61. The normalized spacial score (nSPS) is 11.9. The Hall–Kier alpha value is -4.21. The van der Waals surface area contributed by atoms with Gasteiger partial charge in [0.05, 0.1) is 10.6 Å². The molecule has 0 aliphatic rings. The summed E-state index contributed by atoms with van der Waals surface area (Å²) in [6.07, 6.45) is 1.74. The van der Waals surface area contributed by atoms with Gasteiger partial charge in [-0.1, -0.05) is 91.2 Å². The summed E-state index contributed by atoms with van der Waals surface area (Å²) in [5.41, 5.74) is 2.66. The van der Waals surface area contributed by atoms with E-state index < -0.39 is 40.2 Å². The average Bonchev–Trinajstić information content (AvgIpc) is 3.03. The average molecular weight is 664 g/mol. The second-order valence-corrected chi connectivity index (χ2v) is 13.5. The minimum absolute atomic E-state index is 0.000881. The lowest BCUT2D eigenvalue weighted by Crippen LogP contribution is -2.53. The highest BCUT2D eigenvalue weighted by molar-refractivity contribution is 7.92. The molecule has 4 aromatic rings. The van der Waals surface area contributed by atoms with Gasteiger partial charge < -0.3 is 10.2 Å². The topological polar surface area (TPSA) is 86.8 Å². The van der Waals surface area contributed by atoms with Crippen LogP contribution in [0.1, 0.15) is 42.0 Å². The third kappa shape index (κ3) is 8.73. The highest BCUT2D eigenvalue weighted by atomic mass is 35.5. The molecule has 0 aliphatic carbocycles. The zero-order valence-corrected chi connectivity index (χ0v) is 27.8. The van der Waals surface area contributed by atoms with E-state index in [1.165, 1.54) is 23.1 Å². The van der Waals surface area contributed by atoms with Crippen LogP contribution >= 0.6 is 11.6 Å². The van der Waals surface area contributed by atoms with E-state index in [4.69, 9.17) is 11.6 Å². The molecular formula is C36H39ClFN3O4S. The molecule has 1 atom stereocenters. The molecular weight excluding hydrogens is 625 g/mol. The van der Waals surface area contributed by atoms with E-state index in [0.29, 0.717) is 17.1 Å². The number of amides is 2. The first kappa shape index (κ1) is 34.7. The molecule has 242 valence electrons. The highest BCUT2D eigenvalue weighted by Crippen LogP contribution is 2.30. The molecule has 0 heterocycles. The standard InChI is InChI=1S/C36H39ClFN3O4S/c1-4-5-21-39-36(43)34(23-28-11-7-6-8-12-28)40(24-29-13-9-10-14-32(29)38)35(42)25-41(33-20-17-30(37)22-27(33)3)46(44,45)31-18-15-26(2)16-19-31/h6-20,22,34H,4-5,21,23-25H2,1-3H3,(H,39,43). The Morgan fingerprint density at radius 2 is 1.59 bits per heavy atom. The van der Waals surface area contributed by atoms with Gasteiger partial charge in [-0.25, -0.2) is 12.8 Å². The van der Waals surface area contributed by atoms with Gasteiger partial charge >= 0.3 is 0 Å². The van der Waals surface area contributed by atoms with Crippen LogP contribution in [0.25, 0.3) is 0 Å². The lowest BCUT2D eigenvalue weighted by molar-refractivity contribution is -0.140. The maximum Gasteiger partial charge on any atom is 0.264 e. The Morgan fingerprint density at radius 1 is 0.913 bits per heavy atom. The van der Waals surface area contributed by atoms with E-state index in [9.17, 15) is 18.0 Å². The molecule has 0 aromatic heterocycles. The number of aryl methyl sites for hydroxylation is 2. The number of sulfonamides is 1. The number of carbonyl (C=O) groups excluding carboxylic acids is 2. The lowest BCUT2D eigenvalue weighted by Gasteiger charge is -2.34. The summed E-state index contributed by atoms with van der Waals surface area (Å²) in [4.78, 5) is 29.6. The van der Waals surface area contributed by atoms with Gasteiger partial charge in [0.2, 0.25) is 11.8 Å². The van der Waals surface area contributed by atoms with Gasteiger partial charge in [0, 0.05) is 30.1 Å². The van der Waals surface area contributed by atoms with E-state index in [1.807, 2.05) is 44.2 Å². The predicted octanol–water partition coefficient (Wildman–Crippen LogP) is 6.85. The Morgan fingerprint density at radius 3 is 2.24 bits per heavy atom. The van der Waals surface area contributed by atoms with Crippen LogP contribution in [0.15, 0.2) is 102 Å². The minimum atomic E-state index is -4.27. The molecule has 0 spiro atoms. The van der Waals surface area contributed by atoms with Crippen molar-refractivity contribution >= 4 is 39.1 Å². The monoisotopic (exact) mass is 663 g/mol. The van der Waals surface area contributed by atoms with Crippen molar-refractivity contribution in [3.63, 3.8) is 0 Å². The molecule has 0 radical (unpaired) electrons. The number of nitrogens with zero attached hydrogens (tertiary/aromatic N) is 2. The maximum absolute atomic E-state index is 15.1. The van der Waals surface area contributed by atoms with Gasteiger partial charge in [-0.3, -0.25) is 13.9 Å². The van der Waals surface area contributed by atoms with Crippen LogP contribution in [0, 0.1) is 19.7 Å². The molecule has 0 aliphatic heterocycles. The Kier molecular flexibility index (Phi) is 12.0. The van der Waals surface area contributed by atoms with Gasteiger partial charge in [-0.15, -0.1) is 0 Å². The van der Waals surface area contributed by atoms with Crippen molar-refractivity contribution in [1.82, 2.24) is 10.2 Å². The number of carbonyl (C=O) groups is 2. The van der Waals surface area contributed by atoms with Gasteiger partial charge in [0.25, 0.3) is 10.0 Å². The quantitative estimate of drug-likeness (QED) is 0.150. The second-order valence-electron chi connectivity index (χ2n) is 11.2. The first-order chi connectivity index (χ1) is 22.0. The Bertz CT molecular complexity index is 1750. The van der Waals surface area contributed by atoms with Crippen molar-refractivity contribution in [2.75, 3.05) is 17.4 Å². The lowest BCUT2D eigenvalue weighted by atomic mass is 10.0. The summed E-state index contributed by atoms with van der Waals surface area (Å²) in [6.45, 7) is 5.08. The molecule has 1 unspecified atom stereocenters. The number of hydrogen-bond acceptors (Lipinski definition) is 4. The number of unbranched alkanes of at least 4 members (excludes halogenated alkanes) is 1. The molecule has 4 rings (SSSR count). The first-order valence-corrected chi connectivity index (χ1v) is 17.0. The molecule has 46 heavy (non-hydrogen) atoms. The molecule has 10 heteroatoms. The van der Waals surface area contributed by atoms with Crippen molar-refractivity contribution in [3.05, 3.63) is 130 Å². The van der Waals surface area contributed by atoms with Gasteiger partial charge in [-0.05, 0) is 67.8 Å². The third-order valence-electron chi connectivity index (χ3n) is 7.71. The zero-order chi connectivity index (χ0) is 33.3. The van der Waals surface area contributed by atoms with Crippen LogP contribution in [0.2, 0.25) is 5.02 Å². The van der Waals surface area contributed by atoms with Crippen LogP contribution in [-0.4, -0.2) is 44.3 Å². The summed E-state index contributed by atoms with van der Waals surface area (Å²) >= 11 is 6.21. The number of rotatable bonds is 14. The second kappa shape index (κ2) is 15.9. The van der Waals surface area contributed by atoms with Gasteiger partial charge in [0.15, 0.2) is 0 Å². The fraction of sp³-hybridized carbons (Fsp3) is 0.278. The van der Waals surface area contributed by atoms with Crippen LogP contribution in [0.5, 0.6) is 0 Å². The Labute approximate surface area is 276 Å². The van der Waals surface area contributed by atoms with Crippen LogP contribution < -0.4 is 9.62 Å². The fourth-order valence-electron chi connectivity index (χ4n) is 5.12. The fourth-order valence-corrected chi connectivity index (χ4v) is 6.83. The molecule has 4 aromatic carbocycles. The first-order valence-electron chi connectivity index (χ1n) is 15.2. The molecule has 2 amide bonds. The van der Waals surface area contributed by atoms with Crippen molar-refractivity contribution in [2.45, 2.75) is 57.5 Å². The van der Waals surface area contributed by atoms with Crippen molar-refractivity contribution in [2.24, 2.45) is 0 Å². The van der Waals surface area contributed by atoms with E-state index in [0.717, 1.165) is 28.3 Å². The third-order valence-corrected chi connectivity index (χ3v) is 9.72. The summed E-state index contributed by atoms with van der Waals surface area (Å²) < 4.78 is 44.5. The maximum atomic E-state index is 15.1. The SMILES string of the molecule is CCCCNC(=O)C(Cc1ccccc1)N(Cc1ccccc1F)C(=O)CN(c1ccc(Cl)cc1C)S(=O)(=O)c1ccc(C)cc1. The van der Waals surface area contributed by atoms with Gasteiger partial charge in [-0.2, -0.15) is 0 Å². The number of benzene rings is 4. The molecule has 0 fully saturated rings. The van der Waals surface area contributed by atoms with Crippen LogP contribution in [0.4, 0.5) is 10.1 Å². The van der Waals surface area contributed by atoms with Crippen LogP contribution in [-0.2, 0) is 32.6 Å². The zero-order valence-electron chi connectivity index (χ0n) is 26.2. The van der Waals surface area contributed by atoms with E-state index in [2.05, 4.69) is 5.32 Å². The number of nitrogens with one attached hydrogen (secondary N) is 1. The Balaban J connectivity index is 1.82. The highest BCUT2D eigenvalue weighted by Gasteiger charge is 2.35. The molecule has 0 saturated heterocycles. The summed E-state index contributed by atoms with van der Waals surface area (Å²) in [7, 11) is -4.27. The molecule has 0 saturated carbocycles. The number of halogens is 2. The molecule has 7 nitrogen and oxygen atoms in total. The van der Waals surface area contributed by atoms with Crippen molar-refractivity contribution in [1.29, 1.82) is 0 Å². The van der Waals surface area contributed by atoms with E-state index in [1.54, 1.807) is 55.5 Å². The van der Waals surface area contributed by atoms with Crippen molar-refractivity contribution in [3.8, 4) is 0 Å². The van der Waals surface area contributed by atoms with E-state index in [-0.39, 0.29) is 29.1 Å². The largest absolute Gasteiger partial charge is 0.354 e.